The molecule has 1 aliphatic carbocycles. The summed E-state index contributed by atoms with van der Waals surface area (Å²) >= 11 is 0. The summed E-state index contributed by atoms with van der Waals surface area (Å²) in [6, 6.07) is 11.1. The zero-order chi connectivity index (χ0) is 12.5. The van der Waals surface area contributed by atoms with Crippen LogP contribution < -0.4 is 0 Å². The maximum atomic E-state index is 4.59. The molecule has 0 aliphatic heterocycles. The van der Waals surface area contributed by atoms with E-state index in [9.17, 15) is 0 Å². The van der Waals surface area contributed by atoms with Crippen LogP contribution in [0.25, 0.3) is 0 Å². The summed E-state index contributed by atoms with van der Waals surface area (Å²) in [5, 5.41) is 4.59. The molecule has 0 radical (unpaired) electrons. The number of hydrogen-bond acceptors (Lipinski definition) is 1. The largest absolute Gasteiger partial charge is 0.269 e. The monoisotopic (exact) mass is 240 g/mol. The van der Waals surface area contributed by atoms with Crippen molar-refractivity contribution in [2.75, 3.05) is 0 Å². The maximum absolute atomic E-state index is 4.59. The third-order valence-electron chi connectivity index (χ3n) is 3.99. The zero-order valence-electron chi connectivity index (χ0n) is 11.2. The van der Waals surface area contributed by atoms with Crippen molar-refractivity contribution in [2.24, 2.45) is 0 Å². The Hall–Kier alpha value is -1.57. The fourth-order valence-electron chi connectivity index (χ4n) is 3.11. The Kier molecular flexibility index (Phi) is 2.94. The van der Waals surface area contributed by atoms with E-state index in [4.69, 9.17) is 0 Å². The Bertz CT molecular complexity index is 554. The van der Waals surface area contributed by atoms with Crippen molar-refractivity contribution in [1.82, 2.24) is 9.78 Å². The number of aromatic nitrogens is 2. The van der Waals surface area contributed by atoms with Gasteiger partial charge in [0.05, 0.1) is 5.69 Å². The van der Waals surface area contributed by atoms with Gasteiger partial charge in [0.2, 0.25) is 0 Å². The molecule has 2 nitrogen and oxygen atoms in total. The SMILES string of the molecule is Cc1cc(C)n(CC2CCCc3ccccc32)n1. The quantitative estimate of drug-likeness (QED) is 0.784. The van der Waals surface area contributed by atoms with Crippen LogP contribution in [0.3, 0.4) is 0 Å². The first-order valence-electron chi connectivity index (χ1n) is 6.83. The summed E-state index contributed by atoms with van der Waals surface area (Å²) in [6.45, 7) is 5.24. The lowest BCUT2D eigenvalue weighted by Gasteiger charge is -2.25. The van der Waals surface area contributed by atoms with Crippen molar-refractivity contribution in [3.63, 3.8) is 0 Å². The van der Waals surface area contributed by atoms with Crippen LogP contribution in [0.4, 0.5) is 0 Å². The Labute approximate surface area is 109 Å². The van der Waals surface area contributed by atoms with Gasteiger partial charge in [-0.25, -0.2) is 0 Å². The van der Waals surface area contributed by atoms with E-state index in [1.807, 2.05) is 0 Å². The first kappa shape index (κ1) is 11.5. The molecule has 2 heteroatoms. The van der Waals surface area contributed by atoms with Crippen LogP contribution in [0.15, 0.2) is 30.3 Å². The second-order valence-electron chi connectivity index (χ2n) is 5.40. The van der Waals surface area contributed by atoms with Crippen LogP contribution in [0.5, 0.6) is 0 Å². The summed E-state index contributed by atoms with van der Waals surface area (Å²) in [4.78, 5) is 0. The average molecular weight is 240 g/mol. The fraction of sp³-hybridized carbons (Fsp3) is 0.438. The second-order valence-corrected chi connectivity index (χ2v) is 5.40. The van der Waals surface area contributed by atoms with Gasteiger partial charge < -0.3 is 0 Å². The molecule has 1 heterocycles. The molecule has 0 amide bonds. The van der Waals surface area contributed by atoms with Gasteiger partial charge in [0.15, 0.2) is 0 Å². The Balaban J connectivity index is 1.88. The molecule has 0 N–H and O–H groups in total. The highest BCUT2D eigenvalue weighted by molar-refractivity contribution is 5.32. The summed E-state index contributed by atoms with van der Waals surface area (Å²) in [5.74, 6) is 0.632. The molecule has 1 atom stereocenters. The number of nitrogens with zero attached hydrogens (tertiary/aromatic N) is 2. The molecule has 0 saturated carbocycles. The standard InChI is InChI=1S/C16H20N2/c1-12-10-13(2)18(17-12)11-15-8-5-7-14-6-3-4-9-16(14)15/h3-4,6,9-10,15H,5,7-8,11H2,1-2H3. The third-order valence-corrected chi connectivity index (χ3v) is 3.99. The summed E-state index contributed by atoms with van der Waals surface area (Å²) in [7, 11) is 0. The number of rotatable bonds is 2. The molecular weight excluding hydrogens is 220 g/mol. The van der Waals surface area contributed by atoms with Gasteiger partial charge in [-0.3, -0.25) is 4.68 Å². The van der Waals surface area contributed by atoms with Crippen LogP contribution in [-0.2, 0) is 13.0 Å². The highest BCUT2D eigenvalue weighted by Crippen LogP contribution is 2.32. The number of benzene rings is 1. The van der Waals surface area contributed by atoms with Gasteiger partial charge in [-0.1, -0.05) is 24.3 Å². The molecule has 1 aromatic carbocycles. The van der Waals surface area contributed by atoms with Crippen LogP contribution in [0.2, 0.25) is 0 Å². The Morgan fingerprint density at radius 1 is 1.28 bits per heavy atom. The minimum absolute atomic E-state index is 0.632. The average Bonchev–Trinajstić information content (AvgIpc) is 2.68. The Morgan fingerprint density at radius 3 is 2.89 bits per heavy atom. The minimum atomic E-state index is 0.632. The molecule has 1 aromatic heterocycles. The minimum Gasteiger partial charge on any atom is -0.269 e. The predicted molar refractivity (Wildman–Crippen MR) is 73.8 cm³/mol. The van der Waals surface area contributed by atoms with Crippen LogP contribution >= 0.6 is 0 Å². The smallest absolute Gasteiger partial charge is 0.0596 e. The zero-order valence-corrected chi connectivity index (χ0v) is 11.2. The van der Waals surface area contributed by atoms with Gasteiger partial charge in [0, 0.05) is 18.2 Å². The predicted octanol–water partition coefficient (Wildman–Crippen LogP) is 3.62. The summed E-state index contributed by atoms with van der Waals surface area (Å²) in [5.41, 5.74) is 5.47. The van der Waals surface area contributed by atoms with E-state index in [2.05, 4.69) is 54.0 Å². The topological polar surface area (TPSA) is 17.8 Å². The molecule has 1 aliphatic rings. The molecule has 18 heavy (non-hydrogen) atoms. The lowest BCUT2D eigenvalue weighted by molar-refractivity contribution is 0.450. The van der Waals surface area contributed by atoms with Crippen LogP contribution in [-0.4, -0.2) is 9.78 Å². The third kappa shape index (κ3) is 2.07. The molecule has 94 valence electrons. The lowest BCUT2D eigenvalue weighted by atomic mass is 9.83. The highest BCUT2D eigenvalue weighted by atomic mass is 15.3. The fourth-order valence-corrected chi connectivity index (χ4v) is 3.11. The molecule has 1 unspecified atom stereocenters. The van der Waals surface area contributed by atoms with E-state index >= 15 is 0 Å². The van der Waals surface area contributed by atoms with Gasteiger partial charge in [0.25, 0.3) is 0 Å². The number of fused-ring (bicyclic) bond motifs is 1. The van der Waals surface area contributed by atoms with Crippen LogP contribution in [0.1, 0.15) is 41.3 Å². The number of aryl methyl sites for hydroxylation is 3. The van der Waals surface area contributed by atoms with E-state index in [1.54, 1.807) is 0 Å². The lowest BCUT2D eigenvalue weighted by Crippen LogP contribution is -2.17. The molecule has 3 rings (SSSR count). The Morgan fingerprint density at radius 2 is 2.11 bits per heavy atom. The van der Waals surface area contributed by atoms with Crippen molar-refractivity contribution in [3.05, 3.63) is 52.8 Å². The van der Waals surface area contributed by atoms with Gasteiger partial charge in [-0.15, -0.1) is 0 Å². The summed E-state index contributed by atoms with van der Waals surface area (Å²) in [6.07, 6.45) is 3.83. The number of hydrogen-bond donors (Lipinski definition) is 0. The van der Waals surface area contributed by atoms with Gasteiger partial charge in [0.1, 0.15) is 0 Å². The molecular formula is C16H20N2. The van der Waals surface area contributed by atoms with Gasteiger partial charge in [-0.2, -0.15) is 5.10 Å². The van der Waals surface area contributed by atoms with Crippen molar-refractivity contribution in [3.8, 4) is 0 Å². The molecule has 2 aromatic rings. The van der Waals surface area contributed by atoms with Crippen molar-refractivity contribution in [2.45, 2.75) is 45.6 Å². The van der Waals surface area contributed by atoms with E-state index in [0.29, 0.717) is 5.92 Å². The normalized spacial score (nSPS) is 18.7. The first-order valence-corrected chi connectivity index (χ1v) is 6.83. The molecule has 0 fully saturated rings. The van der Waals surface area contributed by atoms with Crippen molar-refractivity contribution >= 4 is 0 Å². The van der Waals surface area contributed by atoms with Crippen LogP contribution in [0, 0.1) is 13.8 Å². The van der Waals surface area contributed by atoms with Gasteiger partial charge >= 0.3 is 0 Å². The van der Waals surface area contributed by atoms with Crippen molar-refractivity contribution < 1.29 is 0 Å². The van der Waals surface area contributed by atoms with E-state index < -0.39 is 0 Å². The first-order chi connectivity index (χ1) is 8.74. The van der Waals surface area contributed by atoms with Gasteiger partial charge in [-0.05, 0) is 50.3 Å². The molecule has 0 bridgehead atoms. The molecule has 0 saturated heterocycles. The summed E-state index contributed by atoms with van der Waals surface area (Å²) < 4.78 is 2.17. The second kappa shape index (κ2) is 4.60. The van der Waals surface area contributed by atoms with E-state index in [1.165, 1.54) is 36.1 Å². The highest BCUT2D eigenvalue weighted by Gasteiger charge is 2.20. The van der Waals surface area contributed by atoms with E-state index in [0.717, 1.165) is 12.2 Å². The van der Waals surface area contributed by atoms with E-state index in [-0.39, 0.29) is 0 Å². The maximum Gasteiger partial charge on any atom is 0.0596 e. The molecule has 0 spiro atoms. The van der Waals surface area contributed by atoms with Crippen molar-refractivity contribution in [1.29, 1.82) is 0 Å².